The van der Waals surface area contributed by atoms with Gasteiger partial charge >= 0.3 is 6.09 Å². The summed E-state index contributed by atoms with van der Waals surface area (Å²) >= 11 is 0. The van der Waals surface area contributed by atoms with Crippen molar-refractivity contribution in [1.82, 2.24) is 4.90 Å². The van der Waals surface area contributed by atoms with Crippen molar-refractivity contribution < 1.29 is 9.53 Å². The largest absolute Gasteiger partial charge is 0.444 e. The molecule has 0 N–H and O–H groups in total. The molecule has 1 aliphatic rings. The van der Waals surface area contributed by atoms with Crippen LogP contribution >= 0.6 is 0 Å². The Morgan fingerprint density at radius 1 is 1.36 bits per heavy atom. The molecule has 0 saturated heterocycles. The Balaban J connectivity index is 2.38. The second-order valence-corrected chi connectivity index (χ2v) is 5.32. The number of hydrogen-bond donors (Lipinski definition) is 0. The molecule has 1 fully saturated rings. The third kappa shape index (κ3) is 2.89. The van der Waals surface area contributed by atoms with Crippen molar-refractivity contribution in [3.8, 4) is 0 Å². The summed E-state index contributed by atoms with van der Waals surface area (Å²) in [5.41, 5.74) is -0.388. The van der Waals surface area contributed by atoms with Crippen molar-refractivity contribution in [3.05, 3.63) is 0 Å². The monoisotopic (exact) mass is 199 g/mol. The van der Waals surface area contributed by atoms with E-state index in [0.29, 0.717) is 6.04 Å². The van der Waals surface area contributed by atoms with Gasteiger partial charge in [-0.2, -0.15) is 0 Å². The fourth-order valence-electron chi connectivity index (χ4n) is 1.66. The highest BCUT2D eigenvalue weighted by Gasteiger charge is 2.33. The summed E-state index contributed by atoms with van der Waals surface area (Å²) < 4.78 is 5.28. The Bertz CT molecular complexity index is 214. The quantitative estimate of drug-likeness (QED) is 0.649. The van der Waals surface area contributed by atoms with Gasteiger partial charge in [-0.3, -0.25) is 0 Å². The second kappa shape index (κ2) is 3.79. The number of ether oxygens (including phenoxy) is 1. The third-order valence-electron chi connectivity index (χ3n) is 2.58. The molecule has 1 amide bonds. The minimum Gasteiger partial charge on any atom is -0.444 e. The van der Waals surface area contributed by atoms with Gasteiger partial charge in [0, 0.05) is 13.1 Å². The molecule has 1 aliphatic carbocycles. The lowest BCUT2D eigenvalue weighted by Crippen LogP contribution is -2.46. The van der Waals surface area contributed by atoms with Crippen LogP contribution in [-0.4, -0.2) is 29.7 Å². The Morgan fingerprint density at radius 3 is 2.21 bits per heavy atom. The van der Waals surface area contributed by atoms with E-state index in [4.69, 9.17) is 4.74 Å². The predicted molar refractivity (Wildman–Crippen MR) is 56.2 cm³/mol. The third-order valence-corrected chi connectivity index (χ3v) is 2.58. The van der Waals surface area contributed by atoms with Crippen LogP contribution in [0, 0.1) is 5.92 Å². The van der Waals surface area contributed by atoms with Crippen LogP contribution in [0.5, 0.6) is 0 Å². The second-order valence-electron chi connectivity index (χ2n) is 5.32. The molecule has 1 rings (SSSR count). The van der Waals surface area contributed by atoms with Crippen LogP contribution in [0.15, 0.2) is 0 Å². The number of carbonyl (C=O) groups is 1. The molecule has 1 saturated carbocycles. The lowest BCUT2D eigenvalue weighted by atomic mass is 9.81. The zero-order valence-electron chi connectivity index (χ0n) is 9.83. The molecule has 0 aromatic rings. The van der Waals surface area contributed by atoms with Gasteiger partial charge in [0.25, 0.3) is 0 Å². The van der Waals surface area contributed by atoms with Crippen LogP contribution in [0.25, 0.3) is 0 Å². The van der Waals surface area contributed by atoms with Crippen LogP contribution < -0.4 is 0 Å². The van der Waals surface area contributed by atoms with Crippen molar-refractivity contribution in [1.29, 1.82) is 0 Å². The first-order valence-corrected chi connectivity index (χ1v) is 5.25. The van der Waals surface area contributed by atoms with E-state index in [1.54, 1.807) is 4.90 Å². The Hall–Kier alpha value is -0.730. The van der Waals surface area contributed by atoms with E-state index in [2.05, 4.69) is 6.92 Å². The summed E-state index contributed by atoms with van der Waals surface area (Å²) in [6.45, 7) is 7.88. The van der Waals surface area contributed by atoms with Gasteiger partial charge in [-0.1, -0.05) is 6.92 Å². The molecule has 82 valence electrons. The van der Waals surface area contributed by atoms with Crippen LogP contribution in [0.3, 0.4) is 0 Å². The summed E-state index contributed by atoms with van der Waals surface area (Å²) in [4.78, 5) is 13.3. The molecular formula is C11H21NO2. The number of carbonyl (C=O) groups excluding carboxylic acids is 1. The molecule has 0 heterocycles. The molecule has 0 radical (unpaired) electrons. The average Bonchev–Trinajstić information content (AvgIpc) is 1.94. The highest BCUT2D eigenvalue weighted by molar-refractivity contribution is 5.68. The van der Waals surface area contributed by atoms with E-state index in [1.807, 2.05) is 27.8 Å². The van der Waals surface area contributed by atoms with E-state index in [0.717, 1.165) is 18.8 Å². The van der Waals surface area contributed by atoms with Gasteiger partial charge in [0.2, 0.25) is 0 Å². The number of hydrogen-bond acceptors (Lipinski definition) is 2. The maximum Gasteiger partial charge on any atom is 0.410 e. The van der Waals surface area contributed by atoms with Crippen LogP contribution in [0.4, 0.5) is 4.79 Å². The summed E-state index contributed by atoms with van der Waals surface area (Å²) in [5, 5.41) is 0. The van der Waals surface area contributed by atoms with Crippen molar-refractivity contribution in [2.24, 2.45) is 5.92 Å². The van der Waals surface area contributed by atoms with Crippen LogP contribution in [-0.2, 0) is 4.74 Å². The van der Waals surface area contributed by atoms with E-state index in [9.17, 15) is 4.79 Å². The van der Waals surface area contributed by atoms with Crippen LogP contribution in [0.1, 0.15) is 40.5 Å². The van der Waals surface area contributed by atoms with Gasteiger partial charge in [0.1, 0.15) is 5.60 Å². The maximum absolute atomic E-state index is 11.6. The average molecular weight is 199 g/mol. The molecule has 3 heteroatoms. The van der Waals surface area contributed by atoms with Gasteiger partial charge in [-0.25, -0.2) is 4.79 Å². The highest BCUT2D eigenvalue weighted by atomic mass is 16.6. The van der Waals surface area contributed by atoms with E-state index < -0.39 is 0 Å². The molecule has 0 bridgehead atoms. The minimum absolute atomic E-state index is 0.200. The smallest absolute Gasteiger partial charge is 0.410 e. The first kappa shape index (κ1) is 11.3. The minimum atomic E-state index is -0.388. The lowest BCUT2D eigenvalue weighted by Gasteiger charge is -2.39. The first-order chi connectivity index (χ1) is 6.29. The van der Waals surface area contributed by atoms with Gasteiger partial charge in [0.15, 0.2) is 0 Å². The van der Waals surface area contributed by atoms with E-state index >= 15 is 0 Å². The van der Waals surface area contributed by atoms with Gasteiger partial charge in [-0.15, -0.1) is 0 Å². The summed E-state index contributed by atoms with van der Waals surface area (Å²) in [7, 11) is 1.82. The maximum atomic E-state index is 11.6. The molecule has 0 unspecified atom stereocenters. The molecular weight excluding hydrogens is 178 g/mol. The summed E-state index contributed by atoms with van der Waals surface area (Å²) in [6, 6.07) is 0.389. The summed E-state index contributed by atoms with van der Waals surface area (Å²) in [5.74, 6) is 0.755. The van der Waals surface area contributed by atoms with Crippen molar-refractivity contribution in [2.45, 2.75) is 52.2 Å². The zero-order chi connectivity index (χ0) is 10.9. The molecule has 0 spiro atoms. The fourth-order valence-corrected chi connectivity index (χ4v) is 1.66. The molecule has 0 aromatic heterocycles. The number of amides is 1. The molecule has 14 heavy (non-hydrogen) atoms. The topological polar surface area (TPSA) is 29.5 Å². The Morgan fingerprint density at radius 2 is 1.86 bits per heavy atom. The first-order valence-electron chi connectivity index (χ1n) is 5.25. The molecule has 0 aromatic carbocycles. The van der Waals surface area contributed by atoms with Gasteiger partial charge in [-0.05, 0) is 39.5 Å². The van der Waals surface area contributed by atoms with E-state index in [-0.39, 0.29) is 11.7 Å². The standard InChI is InChI=1S/C11H21NO2/c1-8-6-9(7-8)12(5)10(13)14-11(2,3)4/h8-9H,6-7H2,1-5H3. The molecule has 3 nitrogen and oxygen atoms in total. The zero-order valence-corrected chi connectivity index (χ0v) is 9.83. The number of nitrogens with zero attached hydrogens (tertiary/aromatic N) is 1. The van der Waals surface area contributed by atoms with Crippen LogP contribution in [0.2, 0.25) is 0 Å². The fraction of sp³-hybridized carbons (Fsp3) is 0.909. The molecule has 0 atom stereocenters. The number of rotatable bonds is 1. The van der Waals surface area contributed by atoms with E-state index in [1.165, 1.54) is 0 Å². The van der Waals surface area contributed by atoms with Crippen molar-refractivity contribution in [3.63, 3.8) is 0 Å². The summed E-state index contributed by atoms with van der Waals surface area (Å²) in [6.07, 6.45) is 2.01. The predicted octanol–water partition coefficient (Wildman–Crippen LogP) is 2.65. The Labute approximate surface area is 86.4 Å². The van der Waals surface area contributed by atoms with Crippen molar-refractivity contribution in [2.75, 3.05) is 7.05 Å². The van der Waals surface area contributed by atoms with Crippen molar-refractivity contribution >= 4 is 6.09 Å². The van der Waals surface area contributed by atoms with Gasteiger partial charge < -0.3 is 9.64 Å². The lowest BCUT2D eigenvalue weighted by molar-refractivity contribution is 0.00814. The normalized spacial score (nSPS) is 26.6. The Kier molecular flexibility index (Phi) is 3.07. The highest BCUT2D eigenvalue weighted by Crippen LogP contribution is 2.30. The van der Waals surface area contributed by atoms with Gasteiger partial charge in [0.05, 0.1) is 0 Å². The molecule has 0 aliphatic heterocycles. The SMILES string of the molecule is CC1CC(N(C)C(=O)OC(C)(C)C)C1.